The first-order valence-electron chi connectivity index (χ1n) is 7.24. The Kier molecular flexibility index (Phi) is 9.94. The number of amides is 1. The zero-order chi connectivity index (χ0) is 14.7. The number of carbonyl (C=O) groups excluding carboxylic acids is 1. The summed E-state index contributed by atoms with van der Waals surface area (Å²) in [6, 6.07) is 0. The molecule has 0 radical (unpaired) electrons. The molecule has 5 heteroatoms. The number of nitrogens with zero attached hydrogens (tertiary/aromatic N) is 2. The quantitative estimate of drug-likeness (QED) is 0.211. The molecule has 0 aromatic rings. The van der Waals surface area contributed by atoms with E-state index in [0.29, 0.717) is 13.0 Å². The Labute approximate surface area is 116 Å². The second-order valence-corrected chi connectivity index (χ2v) is 5.22. The standard InChI is InChI=1S/C14H29N3O2/c1-4-5-6-7-8-9-10-13(18)17(3)11-12(2)14(15)16-19/h12,19H,4-11H2,1-3H3,(H2,15,16). The molecule has 0 aromatic heterocycles. The van der Waals surface area contributed by atoms with E-state index in [1.54, 1.807) is 11.9 Å². The van der Waals surface area contributed by atoms with Gasteiger partial charge in [0.15, 0.2) is 0 Å². The molecule has 1 unspecified atom stereocenters. The van der Waals surface area contributed by atoms with Crippen molar-refractivity contribution < 1.29 is 10.0 Å². The summed E-state index contributed by atoms with van der Waals surface area (Å²) in [4.78, 5) is 13.5. The lowest BCUT2D eigenvalue weighted by atomic mass is 10.1. The van der Waals surface area contributed by atoms with Gasteiger partial charge in [0.05, 0.1) is 0 Å². The van der Waals surface area contributed by atoms with E-state index in [4.69, 9.17) is 10.9 Å². The molecule has 0 aromatic carbocycles. The lowest BCUT2D eigenvalue weighted by Crippen LogP contribution is -2.36. The highest BCUT2D eigenvalue weighted by atomic mass is 16.4. The zero-order valence-corrected chi connectivity index (χ0v) is 12.6. The Morgan fingerprint density at radius 2 is 1.84 bits per heavy atom. The van der Waals surface area contributed by atoms with Crippen molar-refractivity contribution in [2.24, 2.45) is 16.8 Å². The lowest BCUT2D eigenvalue weighted by Gasteiger charge is -2.20. The molecule has 19 heavy (non-hydrogen) atoms. The van der Waals surface area contributed by atoms with E-state index >= 15 is 0 Å². The average Bonchev–Trinajstić information content (AvgIpc) is 2.41. The lowest BCUT2D eigenvalue weighted by molar-refractivity contribution is -0.130. The fourth-order valence-corrected chi connectivity index (χ4v) is 1.95. The van der Waals surface area contributed by atoms with Crippen LogP contribution in [0.15, 0.2) is 5.16 Å². The van der Waals surface area contributed by atoms with Crippen LogP contribution in [-0.4, -0.2) is 35.4 Å². The summed E-state index contributed by atoms with van der Waals surface area (Å²) < 4.78 is 0. The van der Waals surface area contributed by atoms with Crippen LogP contribution in [0.2, 0.25) is 0 Å². The molecule has 3 N–H and O–H groups in total. The van der Waals surface area contributed by atoms with Crippen molar-refractivity contribution in [1.82, 2.24) is 4.90 Å². The van der Waals surface area contributed by atoms with Crippen LogP contribution < -0.4 is 5.73 Å². The third-order valence-electron chi connectivity index (χ3n) is 3.34. The monoisotopic (exact) mass is 271 g/mol. The maximum atomic E-state index is 11.9. The first-order valence-corrected chi connectivity index (χ1v) is 7.24. The highest BCUT2D eigenvalue weighted by molar-refractivity contribution is 5.83. The van der Waals surface area contributed by atoms with Gasteiger partial charge < -0.3 is 15.8 Å². The molecule has 0 aliphatic heterocycles. The largest absolute Gasteiger partial charge is 0.409 e. The van der Waals surface area contributed by atoms with E-state index in [9.17, 15) is 4.79 Å². The summed E-state index contributed by atoms with van der Waals surface area (Å²) in [5.74, 6) is 0.177. The van der Waals surface area contributed by atoms with Crippen LogP contribution in [-0.2, 0) is 4.79 Å². The van der Waals surface area contributed by atoms with Gasteiger partial charge in [0, 0.05) is 25.9 Å². The van der Waals surface area contributed by atoms with Gasteiger partial charge in [0.25, 0.3) is 0 Å². The van der Waals surface area contributed by atoms with Crippen molar-refractivity contribution in [3.8, 4) is 0 Å². The number of hydrogen-bond acceptors (Lipinski definition) is 3. The molecule has 0 heterocycles. The molecular weight excluding hydrogens is 242 g/mol. The van der Waals surface area contributed by atoms with E-state index in [1.807, 2.05) is 6.92 Å². The molecule has 0 aliphatic rings. The Balaban J connectivity index is 3.76. The minimum atomic E-state index is -0.122. The SMILES string of the molecule is CCCCCCCCC(=O)N(C)CC(C)C(N)=NO. The number of nitrogens with two attached hydrogens (primary N) is 1. The molecule has 0 bridgehead atoms. The van der Waals surface area contributed by atoms with Crippen LogP contribution in [0.4, 0.5) is 0 Å². The number of carbonyl (C=O) groups is 1. The molecule has 0 spiro atoms. The number of hydrogen-bond donors (Lipinski definition) is 2. The van der Waals surface area contributed by atoms with Crippen LogP contribution in [0.3, 0.4) is 0 Å². The highest BCUT2D eigenvalue weighted by Crippen LogP contribution is 2.08. The van der Waals surface area contributed by atoms with E-state index in [2.05, 4.69) is 12.1 Å². The van der Waals surface area contributed by atoms with Gasteiger partial charge in [-0.2, -0.15) is 0 Å². The molecule has 0 fully saturated rings. The Morgan fingerprint density at radius 3 is 2.42 bits per heavy atom. The number of oxime groups is 1. The first kappa shape index (κ1) is 17.7. The number of amidine groups is 1. The van der Waals surface area contributed by atoms with Crippen molar-refractivity contribution in [2.75, 3.05) is 13.6 Å². The van der Waals surface area contributed by atoms with Crippen LogP contribution in [0, 0.1) is 5.92 Å². The van der Waals surface area contributed by atoms with Crippen LogP contribution in [0.25, 0.3) is 0 Å². The predicted molar refractivity (Wildman–Crippen MR) is 78.2 cm³/mol. The van der Waals surface area contributed by atoms with Crippen LogP contribution in [0.5, 0.6) is 0 Å². The van der Waals surface area contributed by atoms with Gasteiger partial charge in [0.2, 0.25) is 5.91 Å². The number of unbranched alkanes of at least 4 members (excludes halogenated alkanes) is 5. The number of rotatable bonds is 10. The molecule has 0 saturated heterocycles. The summed E-state index contributed by atoms with van der Waals surface area (Å²) in [6.07, 6.45) is 7.66. The Bertz CT molecular complexity index is 280. The maximum Gasteiger partial charge on any atom is 0.222 e. The third-order valence-corrected chi connectivity index (χ3v) is 3.34. The topological polar surface area (TPSA) is 78.9 Å². The van der Waals surface area contributed by atoms with Crippen molar-refractivity contribution in [3.63, 3.8) is 0 Å². The first-order chi connectivity index (χ1) is 9.02. The van der Waals surface area contributed by atoms with Gasteiger partial charge in [-0.15, -0.1) is 0 Å². The average molecular weight is 271 g/mol. The molecular formula is C14H29N3O2. The van der Waals surface area contributed by atoms with Crippen molar-refractivity contribution in [1.29, 1.82) is 0 Å². The Hall–Kier alpha value is -1.26. The van der Waals surface area contributed by atoms with Crippen LogP contribution >= 0.6 is 0 Å². The summed E-state index contributed by atoms with van der Waals surface area (Å²) in [5, 5.41) is 11.5. The van der Waals surface area contributed by atoms with Crippen molar-refractivity contribution in [2.45, 2.75) is 58.8 Å². The second kappa shape index (κ2) is 10.6. The zero-order valence-electron chi connectivity index (χ0n) is 12.6. The minimum Gasteiger partial charge on any atom is -0.409 e. The smallest absolute Gasteiger partial charge is 0.222 e. The van der Waals surface area contributed by atoms with Gasteiger partial charge in [-0.1, -0.05) is 51.1 Å². The normalized spacial score (nSPS) is 13.3. The van der Waals surface area contributed by atoms with Gasteiger partial charge in [-0.25, -0.2) is 0 Å². The van der Waals surface area contributed by atoms with E-state index in [1.165, 1.54) is 25.7 Å². The van der Waals surface area contributed by atoms with Crippen molar-refractivity contribution in [3.05, 3.63) is 0 Å². The molecule has 0 saturated carbocycles. The molecule has 0 rings (SSSR count). The van der Waals surface area contributed by atoms with Gasteiger partial charge in [-0.05, 0) is 6.42 Å². The summed E-state index contributed by atoms with van der Waals surface area (Å²) in [5.41, 5.74) is 5.50. The molecule has 112 valence electrons. The van der Waals surface area contributed by atoms with Crippen LogP contribution in [0.1, 0.15) is 58.8 Å². The molecule has 1 atom stereocenters. The highest BCUT2D eigenvalue weighted by Gasteiger charge is 2.14. The summed E-state index contributed by atoms with van der Waals surface area (Å²) in [7, 11) is 1.76. The summed E-state index contributed by atoms with van der Waals surface area (Å²) >= 11 is 0. The second-order valence-electron chi connectivity index (χ2n) is 5.22. The molecule has 1 amide bonds. The fourth-order valence-electron chi connectivity index (χ4n) is 1.95. The van der Waals surface area contributed by atoms with Gasteiger partial charge in [0.1, 0.15) is 5.84 Å². The van der Waals surface area contributed by atoms with Gasteiger partial charge in [-0.3, -0.25) is 4.79 Å². The predicted octanol–water partition coefficient (Wildman–Crippen LogP) is 2.58. The summed E-state index contributed by atoms with van der Waals surface area (Å²) in [6.45, 7) is 4.52. The van der Waals surface area contributed by atoms with Gasteiger partial charge >= 0.3 is 0 Å². The Morgan fingerprint density at radius 1 is 1.26 bits per heavy atom. The fraction of sp³-hybridized carbons (Fsp3) is 0.857. The van der Waals surface area contributed by atoms with E-state index < -0.39 is 0 Å². The van der Waals surface area contributed by atoms with Crippen molar-refractivity contribution >= 4 is 11.7 Å². The maximum absolute atomic E-state index is 11.9. The third kappa shape index (κ3) is 8.46. The van der Waals surface area contributed by atoms with E-state index in [-0.39, 0.29) is 17.7 Å². The minimum absolute atomic E-state index is 0.122. The molecule has 5 nitrogen and oxygen atoms in total. The molecule has 0 aliphatic carbocycles. The van der Waals surface area contributed by atoms with E-state index in [0.717, 1.165) is 12.8 Å².